The van der Waals surface area contributed by atoms with Gasteiger partial charge >= 0.3 is 5.97 Å². The standard InChI is InChI=1S/C10H10O3.H2O/c1-2-8-3-5-9(6-4-8)13-10(12)7-11;/h3-7H,2H2,1H3;1H2. The Labute approximate surface area is 81.8 Å². The first kappa shape index (κ1) is 12.3. The maximum absolute atomic E-state index is 10.5. The van der Waals surface area contributed by atoms with E-state index in [-0.39, 0.29) is 11.8 Å². The van der Waals surface area contributed by atoms with Crippen LogP contribution in [0.5, 0.6) is 5.75 Å². The predicted octanol–water partition coefficient (Wildman–Crippen LogP) is 0.529. The molecule has 2 N–H and O–H groups in total. The molecule has 0 fully saturated rings. The predicted molar refractivity (Wildman–Crippen MR) is 51.1 cm³/mol. The SMILES string of the molecule is CCc1ccc(OC(=O)C=O)cc1.O. The molecule has 4 heteroatoms. The summed E-state index contributed by atoms with van der Waals surface area (Å²) >= 11 is 0. The van der Waals surface area contributed by atoms with E-state index >= 15 is 0 Å². The number of hydrogen-bond acceptors (Lipinski definition) is 3. The Bertz CT molecular complexity index is 302. The van der Waals surface area contributed by atoms with Gasteiger partial charge in [0.25, 0.3) is 0 Å². The Balaban J connectivity index is 0.00000169. The monoisotopic (exact) mass is 196 g/mol. The zero-order valence-corrected chi connectivity index (χ0v) is 7.82. The lowest BCUT2D eigenvalue weighted by molar-refractivity contribution is -0.141. The molecule has 0 aliphatic rings. The Morgan fingerprint density at radius 3 is 2.36 bits per heavy atom. The third kappa shape index (κ3) is 3.37. The van der Waals surface area contributed by atoms with Crippen molar-refractivity contribution in [1.29, 1.82) is 0 Å². The van der Waals surface area contributed by atoms with Gasteiger partial charge in [-0.3, -0.25) is 4.79 Å². The molecule has 4 nitrogen and oxygen atoms in total. The maximum Gasteiger partial charge on any atom is 0.376 e. The molecule has 0 radical (unpaired) electrons. The van der Waals surface area contributed by atoms with Crippen molar-refractivity contribution in [3.63, 3.8) is 0 Å². The molecule has 0 aliphatic heterocycles. The smallest absolute Gasteiger partial charge is 0.376 e. The molecule has 14 heavy (non-hydrogen) atoms. The van der Waals surface area contributed by atoms with E-state index in [2.05, 4.69) is 4.74 Å². The molecule has 0 saturated carbocycles. The molecule has 0 spiro atoms. The summed E-state index contributed by atoms with van der Waals surface area (Å²) in [6.07, 6.45) is 1.08. The fourth-order valence-corrected chi connectivity index (χ4v) is 0.933. The Hall–Kier alpha value is -1.68. The van der Waals surface area contributed by atoms with Crippen molar-refractivity contribution in [1.82, 2.24) is 0 Å². The van der Waals surface area contributed by atoms with Crippen molar-refractivity contribution in [2.45, 2.75) is 13.3 Å². The van der Waals surface area contributed by atoms with Crippen LogP contribution < -0.4 is 4.74 Å². The summed E-state index contributed by atoms with van der Waals surface area (Å²) in [6.45, 7) is 2.03. The lowest BCUT2D eigenvalue weighted by Crippen LogP contribution is -2.08. The van der Waals surface area contributed by atoms with Crippen LogP contribution >= 0.6 is 0 Å². The molecular formula is C10H12O4. The molecule has 1 aromatic carbocycles. The quantitative estimate of drug-likeness (QED) is 0.306. The number of hydrogen-bond donors (Lipinski definition) is 0. The normalized spacial score (nSPS) is 8.64. The summed E-state index contributed by atoms with van der Waals surface area (Å²) in [6, 6.07) is 7.04. The van der Waals surface area contributed by atoms with Crippen molar-refractivity contribution in [2.75, 3.05) is 0 Å². The van der Waals surface area contributed by atoms with Crippen LogP contribution in [0.4, 0.5) is 0 Å². The first-order valence-electron chi connectivity index (χ1n) is 4.02. The fourth-order valence-electron chi connectivity index (χ4n) is 0.933. The van der Waals surface area contributed by atoms with Gasteiger partial charge in [-0.05, 0) is 24.1 Å². The van der Waals surface area contributed by atoms with E-state index < -0.39 is 5.97 Å². The number of rotatable bonds is 3. The van der Waals surface area contributed by atoms with Crippen molar-refractivity contribution < 1.29 is 19.8 Å². The van der Waals surface area contributed by atoms with Crippen LogP contribution in [0, 0.1) is 0 Å². The highest BCUT2D eigenvalue weighted by molar-refractivity contribution is 6.21. The number of aryl methyl sites for hydroxylation is 1. The number of benzene rings is 1. The van der Waals surface area contributed by atoms with E-state index in [1.165, 1.54) is 0 Å². The average Bonchev–Trinajstić information content (AvgIpc) is 2.19. The Morgan fingerprint density at radius 1 is 1.36 bits per heavy atom. The van der Waals surface area contributed by atoms with Gasteiger partial charge in [-0.1, -0.05) is 19.1 Å². The van der Waals surface area contributed by atoms with Gasteiger partial charge in [0.2, 0.25) is 6.29 Å². The van der Waals surface area contributed by atoms with E-state index in [0.29, 0.717) is 5.75 Å². The fraction of sp³-hybridized carbons (Fsp3) is 0.200. The van der Waals surface area contributed by atoms with E-state index in [1.54, 1.807) is 12.1 Å². The summed E-state index contributed by atoms with van der Waals surface area (Å²) in [5.74, 6) is -0.474. The third-order valence-electron chi connectivity index (χ3n) is 1.65. The summed E-state index contributed by atoms with van der Waals surface area (Å²) in [5, 5.41) is 0. The second-order valence-electron chi connectivity index (χ2n) is 2.54. The van der Waals surface area contributed by atoms with Crippen molar-refractivity contribution in [2.24, 2.45) is 0 Å². The molecule has 0 unspecified atom stereocenters. The third-order valence-corrected chi connectivity index (χ3v) is 1.65. The highest BCUT2D eigenvalue weighted by Gasteiger charge is 2.00. The Morgan fingerprint density at radius 2 is 1.93 bits per heavy atom. The van der Waals surface area contributed by atoms with E-state index in [0.717, 1.165) is 12.0 Å². The zero-order valence-electron chi connectivity index (χ0n) is 7.82. The van der Waals surface area contributed by atoms with E-state index in [9.17, 15) is 9.59 Å². The molecule has 1 rings (SSSR count). The second-order valence-corrected chi connectivity index (χ2v) is 2.54. The van der Waals surface area contributed by atoms with Crippen molar-refractivity contribution in [3.05, 3.63) is 29.8 Å². The lowest BCUT2D eigenvalue weighted by Gasteiger charge is -2.00. The second kappa shape index (κ2) is 5.88. The summed E-state index contributed by atoms with van der Waals surface area (Å²) < 4.78 is 4.66. The zero-order chi connectivity index (χ0) is 9.68. The molecule has 76 valence electrons. The first-order chi connectivity index (χ1) is 6.26. The van der Waals surface area contributed by atoms with Gasteiger partial charge in [-0.25, -0.2) is 4.79 Å². The number of aldehydes is 1. The minimum Gasteiger partial charge on any atom is -0.421 e. The number of carbonyl (C=O) groups is 2. The molecule has 0 heterocycles. The average molecular weight is 196 g/mol. The van der Waals surface area contributed by atoms with E-state index in [4.69, 9.17) is 0 Å². The van der Waals surface area contributed by atoms with Crippen LogP contribution in [0.15, 0.2) is 24.3 Å². The van der Waals surface area contributed by atoms with Crippen LogP contribution in [-0.2, 0) is 16.0 Å². The summed E-state index contributed by atoms with van der Waals surface area (Å²) in [4.78, 5) is 20.5. The van der Waals surface area contributed by atoms with Gasteiger partial charge in [-0.15, -0.1) is 0 Å². The maximum atomic E-state index is 10.5. The molecule has 0 aromatic heterocycles. The molecular weight excluding hydrogens is 184 g/mol. The molecule has 0 atom stereocenters. The largest absolute Gasteiger partial charge is 0.421 e. The highest BCUT2D eigenvalue weighted by Crippen LogP contribution is 2.12. The number of ether oxygens (including phenoxy) is 1. The Kier molecular flexibility index (Phi) is 5.17. The topological polar surface area (TPSA) is 74.9 Å². The van der Waals surface area contributed by atoms with Gasteiger partial charge in [0.15, 0.2) is 0 Å². The van der Waals surface area contributed by atoms with Gasteiger partial charge in [0.05, 0.1) is 0 Å². The van der Waals surface area contributed by atoms with Gasteiger partial charge in [0, 0.05) is 0 Å². The van der Waals surface area contributed by atoms with Crippen molar-refractivity contribution in [3.8, 4) is 5.75 Å². The number of carbonyl (C=O) groups excluding carboxylic acids is 2. The van der Waals surface area contributed by atoms with Crippen LogP contribution in [0.1, 0.15) is 12.5 Å². The van der Waals surface area contributed by atoms with Crippen LogP contribution in [-0.4, -0.2) is 17.7 Å². The molecule has 1 aromatic rings. The molecule has 0 aliphatic carbocycles. The highest BCUT2D eigenvalue weighted by atomic mass is 16.5. The minimum absolute atomic E-state index is 0. The molecule has 0 saturated heterocycles. The van der Waals surface area contributed by atoms with E-state index in [1.807, 2.05) is 19.1 Å². The number of esters is 1. The van der Waals surface area contributed by atoms with Gasteiger partial charge < -0.3 is 10.2 Å². The molecule has 0 amide bonds. The van der Waals surface area contributed by atoms with Crippen LogP contribution in [0.25, 0.3) is 0 Å². The summed E-state index contributed by atoms with van der Waals surface area (Å²) in [5.41, 5.74) is 1.16. The lowest BCUT2D eigenvalue weighted by atomic mass is 10.2. The van der Waals surface area contributed by atoms with Gasteiger partial charge in [-0.2, -0.15) is 0 Å². The van der Waals surface area contributed by atoms with Crippen molar-refractivity contribution >= 4 is 12.3 Å². The minimum atomic E-state index is -0.871. The molecule has 0 bridgehead atoms. The van der Waals surface area contributed by atoms with Crippen LogP contribution in [0.2, 0.25) is 0 Å². The summed E-state index contributed by atoms with van der Waals surface area (Å²) in [7, 11) is 0. The van der Waals surface area contributed by atoms with Gasteiger partial charge in [0.1, 0.15) is 5.75 Å². The van der Waals surface area contributed by atoms with Crippen LogP contribution in [0.3, 0.4) is 0 Å². The first-order valence-corrected chi connectivity index (χ1v) is 4.02.